The van der Waals surface area contributed by atoms with E-state index in [1.807, 2.05) is 45.9 Å². The number of nitrogens with one attached hydrogen (secondary N) is 2. The highest BCUT2D eigenvalue weighted by atomic mass is 19.1. The van der Waals surface area contributed by atoms with Crippen molar-refractivity contribution in [2.24, 2.45) is 0 Å². The minimum Gasteiger partial charge on any atom is -0.398 e. The van der Waals surface area contributed by atoms with Crippen molar-refractivity contribution >= 4 is 24.4 Å². The predicted molar refractivity (Wildman–Crippen MR) is 139 cm³/mol. The van der Waals surface area contributed by atoms with E-state index in [1.165, 1.54) is 24.4 Å². The van der Waals surface area contributed by atoms with Gasteiger partial charge in [0.1, 0.15) is 17.7 Å². The number of aromatic nitrogens is 2. The molecule has 10 heteroatoms. The van der Waals surface area contributed by atoms with Crippen molar-refractivity contribution in [3.8, 4) is 6.07 Å². The van der Waals surface area contributed by atoms with Gasteiger partial charge in [0, 0.05) is 18.9 Å². The zero-order valence-electron chi connectivity index (χ0n) is 21.5. The van der Waals surface area contributed by atoms with E-state index < -0.39 is 24.2 Å². The van der Waals surface area contributed by atoms with Crippen LogP contribution in [-0.2, 0) is 15.9 Å². The number of pyridine rings is 2. The molecule has 3 heterocycles. The maximum atomic E-state index is 13.2. The molecule has 1 amide bonds. The van der Waals surface area contributed by atoms with Gasteiger partial charge in [-0.3, -0.25) is 9.78 Å². The summed E-state index contributed by atoms with van der Waals surface area (Å²) in [6, 6.07) is 12.8. The van der Waals surface area contributed by atoms with Gasteiger partial charge in [0.25, 0.3) is 5.91 Å². The normalized spacial score (nSPS) is 16.6. The molecule has 0 saturated carbocycles. The summed E-state index contributed by atoms with van der Waals surface area (Å²) in [5, 5.41) is 15.3. The zero-order chi connectivity index (χ0) is 26.8. The number of rotatable bonds is 7. The van der Waals surface area contributed by atoms with E-state index in [2.05, 4.69) is 20.6 Å². The van der Waals surface area contributed by atoms with Gasteiger partial charge in [0.05, 0.1) is 34.0 Å². The van der Waals surface area contributed by atoms with Crippen LogP contribution in [0.4, 0.5) is 10.2 Å². The Morgan fingerprint density at radius 1 is 1.08 bits per heavy atom. The number of benzene rings is 1. The molecule has 0 aliphatic carbocycles. The van der Waals surface area contributed by atoms with Gasteiger partial charge in [-0.05, 0) is 70.0 Å². The van der Waals surface area contributed by atoms with Crippen molar-refractivity contribution in [3.05, 3.63) is 82.9 Å². The van der Waals surface area contributed by atoms with Crippen LogP contribution in [0.3, 0.4) is 0 Å². The Kier molecular flexibility index (Phi) is 7.30. The molecule has 2 aromatic heterocycles. The third-order valence-corrected chi connectivity index (χ3v) is 6.78. The summed E-state index contributed by atoms with van der Waals surface area (Å²) in [6.07, 6.45) is 3.12. The maximum Gasteiger partial charge on any atom is 0.514 e. The lowest BCUT2D eigenvalue weighted by molar-refractivity contribution is 0.00578. The molecule has 2 N–H and O–H groups in total. The second kappa shape index (κ2) is 10.3. The Morgan fingerprint density at radius 2 is 1.76 bits per heavy atom. The third-order valence-electron chi connectivity index (χ3n) is 6.78. The highest BCUT2D eigenvalue weighted by Crippen LogP contribution is 2.36. The molecule has 0 radical (unpaired) electrons. The summed E-state index contributed by atoms with van der Waals surface area (Å²) in [5.74, 6) is -0.422. The fourth-order valence-corrected chi connectivity index (χ4v) is 3.78. The van der Waals surface area contributed by atoms with Gasteiger partial charge in [-0.15, -0.1) is 0 Å². The molecule has 0 bridgehead atoms. The molecular weight excluding hydrogens is 472 g/mol. The lowest BCUT2D eigenvalue weighted by atomic mass is 9.84. The van der Waals surface area contributed by atoms with Crippen molar-refractivity contribution in [3.63, 3.8) is 0 Å². The van der Waals surface area contributed by atoms with Crippen LogP contribution < -0.4 is 16.2 Å². The van der Waals surface area contributed by atoms with Gasteiger partial charge < -0.3 is 19.9 Å². The fraction of sp³-hybridized carbons (Fsp3) is 0.333. The number of hydrogen-bond donors (Lipinski definition) is 2. The first kappa shape index (κ1) is 26.3. The van der Waals surface area contributed by atoms with Gasteiger partial charge >= 0.3 is 7.12 Å². The monoisotopic (exact) mass is 501 g/mol. The summed E-state index contributed by atoms with van der Waals surface area (Å²) < 4.78 is 25.4. The van der Waals surface area contributed by atoms with Crippen molar-refractivity contribution < 1.29 is 18.5 Å². The van der Waals surface area contributed by atoms with Gasteiger partial charge in [0.2, 0.25) is 0 Å². The topological polar surface area (TPSA) is 109 Å². The molecule has 8 nitrogen and oxygen atoms in total. The molecule has 1 fully saturated rings. The Bertz CT molecular complexity index is 1310. The molecular formula is C27H29BFN5O3. The highest BCUT2D eigenvalue weighted by molar-refractivity contribution is 6.61. The van der Waals surface area contributed by atoms with E-state index in [4.69, 9.17) is 9.31 Å². The summed E-state index contributed by atoms with van der Waals surface area (Å²) >= 11 is 0. The number of hydrogen-bond acceptors (Lipinski definition) is 7. The molecule has 3 aromatic rings. The zero-order valence-corrected chi connectivity index (χ0v) is 21.5. The number of amides is 1. The first-order valence-electron chi connectivity index (χ1n) is 12.0. The van der Waals surface area contributed by atoms with Gasteiger partial charge in [-0.25, -0.2) is 9.37 Å². The van der Waals surface area contributed by atoms with Gasteiger partial charge in [-0.2, -0.15) is 5.26 Å². The molecule has 4 rings (SSSR count). The summed E-state index contributed by atoms with van der Waals surface area (Å²) in [7, 11) is -0.550. The first-order chi connectivity index (χ1) is 17.5. The van der Waals surface area contributed by atoms with E-state index in [9.17, 15) is 14.4 Å². The van der Waals surface area contributed by atoms with Crippen LogP contribution in [0, 0.1) is 17.1 Å². The van der Waals surface area contributed by atoms with Crippen molar-refractivity contribution in [2.45, 2.75) is 58.4 Å². The lowest BCUT2D eigenvalue weighted by Gasteiger charge is -2.32. The number of carbonyl (C=O) groups is 1. The largest absolute Gasteiger partial charge is 0.514 e. The van der Waals surface area contributed by atoms with Crippen LogP contribution in [-0.4, -0.2) is 34.2 Å². The van der Waals surface area contributed by atoms with Crippen molar-refractivity contribution in [1.29, 1.82) is 5.26 Å². The van der Waals surface area contributed by atoms with Crippen LogP contribution in [0.25, 0.3) is 0 Å². The predicted octanol–water partition coefficient (Wildman–Crippen LogP) is 3.89. The Balaban J connectivity index is 1.45. The standard InChI is InChI=1S/C27H29BFN5O3/c1-17(20-7-9-21(29)10-8-20)34-25(35)22-12-19(13-30)16-33-24(22)32-15-18-6-11-23(31-14-18)28-36-26(2,3)27(4,5)37-28/h6-12,14,16-17H,15H2,1-5H3,(H,32,33)(H,34,35)/t17-/m0/s1. The SMILES string of the molecule is C[C@H](NC(=O)c1cc(C#N)cnc1NCc1ccc(B2OC(C)(C)C(C)(C)O2)nc1)c1ccc(F)cc1. The number of nitrogens with zero attached hydrogens (tertiary/aromatic N) is 3. The maximum absolute atomic E-state index is 13.2. The molecule has 190 valence electrons. The molecule has 1 aliphatic heterocycles. The minimum atomic E-state index is -0.550. The quantitative estimate of drug-likeness (QED) is 0.473. The Morgan fingerprint density at radius 3 is 2.35 bits per heavy atom. The minimum absolute atomic E-state index is 0.231. The molecule has 0 unspecified atom stereocenters. The average molecular weight is 501 g/mol. The van der Waals surface area contributed by atoms with Crippen LogP contribution in [0.2, 0.25) is 0 Å². The first-order valence-corrected chi connectivity index (χ1v) is 12.0. The van der Waals surface area contributed by atoms with E-state index in [0.29, 0.717) is 18.0 Å². The van der Waals surface area contributed by atoms with E-state index in [1.54, 1.807) is 25.3 Å². The fourth-order valence-electron chi connectivity index (χ4n) is 3.78. The average Bonchev–Trinajstić information content (AvgIpc) is 3.09. The van der Waals surface area contributed by atoms with Gasteiger partial charge in [0.15, 0.2) is 0 Å². The Labute approximate surface area is 216 Å². The second-order valence-electron chi connectivity index (χ2n) is 10.0. The number of carbonyl (C=O) groups excluding carboxylic acids is 1. The van der Waals surface area contributed by atoms with Crippen LogP contribution in [0.1, 0.15) is 67.7 Å². The van der Waals surface area contributed by atoms with Crippen molar-refractivity contribution in [2.75, 3.05) is 5.32 Å². The summed E-state index contributed by atoms with van der Waals surface area (Å²) in [4.78, 5) is 21.9. The number of nitriles is 1. The van der Waals surface area contributed by atoms with Crippen LogP contribution >= 0.6 is 0 Å². The molecule has 1 atom stereocenters. The van der Waals surface area contributed by atoms with Crippen LogP contribution in [0.5, 0.6) is 0 Å². The van der Waals surface area contributed by atoms with Crippen LogP contribution in [0.15, 0.2) is 54.9 Å². The smallest absolute Gasteiger partial charge is 0.398 e. The van der Waals surface area contributed by atoms with E-state index in [-0.39, 0.29) is 23.0 Å². The van der Waals surface area contributed by atoms with E-state index in [0.717, 1.165) is 11.1 Å². The number of halogens is 1. The Hall–Kier alpha value is -3.81. The molecule has 37 heavy (non-hydrogen) atoms. The molecule has 1 aromatic carbocycles. The molecule has 1 aliphatic rings. The summed E-state index contributed by atoms with van der Waals surface area (Å²) in [5.41, 5.74) is 1.87. The van der Waals surface area contributed by atoms with E-state index >= 15 is 0 Å². The third kappa shape index (κ3) is 5.79. The second-order valence-corrected chi connectivity index (χ2v) is 10.0. The molecule has 0 spiro atoms. The summed E-state index contributed by atoms with van der Waals surface area (Å²) in [6.45, 7) is 10.1. The number of anilines is 1. The molecule has 1 saturated heterocycles. The lowest BCUT2D eigenvalue weighted by Crippen LogP contribution is -2.41. The highest BCUT2D eigenvalue weighted by Gasteiger charge is 2.52. The van der Waals surface area contributed by atoms with Gasteiger partial charge in [-0.1, -0.05) is 18.2 Å². The van der Waals surface area contributed by atoms with Crippen molar-refractivity contribution in [1.82, 2.24) is 15.3 Å².